The molecule has 0 bridgehead atoms. The summed E-state index contributed by atoms with van der Waals surface area (Å²) in [6.07, 6.45) is 0. The van der Waals surface area contributed by atoms with Crippen molar-refractivity contribution in [2.45, 2.75) is 13.1 Å². The van der Waals surface area contributed by atoms with E-state index in [2.05, 4.69) is 26.9 Å². The van der Waals surface area contributed by atoms with E-state index in [-0.39, 0.29) is 0 Å². The van der Waals surface area contributed by atoms with Gasteiger partial charge in [0.25, 0.3) is 0 Å². The van der Waals surface area contributed by atoms with Gasteiger partial charge in [0.1, 0.15) is 0 Å². The minimum Gasteiger partial charge on any atom is -0.398 e. The molecule has 0 unspecified atom stereocenters. The van der Waals surface area contributed by atoms with Crippen LogP contribution in [0.2, 0.25) is 5.02 Å². The first kappa shape index (κ1) is 11.9. The first-order valence-corrected chi connectivity index (χ1v) is 6.88. The molecule has 0 saturated heterocycles. The first-order valence-electron chi connectivity index (χ1n) is 5.71. The Morgan fingerprint density at radius 2 is 2.00 bits per heavy atom. The van der Waals surface area contributed by atoms with Crippen LogP contribution in [0.15, 0.2) is 40.9 Å². The van der Waals surface area contributed by atoms with Crippen LogP contribution in [0.4, 0.5) is 11.4 Å². The Labute approximate surface area is 119 Å². The van der Waals surface area contributed by atoms with Gasteiger partial charge in [-0.25, -0.2) is 0 Å². The molecule has 0 aliphatic carbocycles. The van der Waals surface area contributed by atoms with Crippen LogP contribution in [0.1, 0.15) is 11.1 Å². The molecular formula is C14H12BrClN2. The molecule has 0 amide bonds. The number of nitrogen functional groups attached to an aromatic ring is 1. The van der Waals surface area contributed by atoms with Crippen LogP contribution >= 0.6 is 27.5 Å². The molecule has 0 spiro atoms. The predicted molar refractivity (Wildman–Crippen MR) is 79.9 cm³/mol. The zero-order chi connectivity index (χ0) is 12.7. The van der Waals surface area contributed by atoms with Crippen LogP contribution in [-0.2, 0) is 13.1 Å². The van der Waals surface area contributed by atoms with Gasteiger partial charge < -0.3 is 10.6 Å². The maximum atomic E-state index is 6.07. The topological polar surface area (TPSA) is 29.3 Å². The number of benzene rings is 2. The molecule has 18 heavy (non-hydrogen) atoms. The van der Waals surface area contributed by atoms with Gasteiger partial charge in [0.15, 0.2) is 0 Å². The summed E-state index contributed by atoms with van der Waals surface area (Å²) in [5.41, 5.74) is 10.5. The fraction of sp³-hybridized carbons (Fsp3) is 0.143. The smallest absolute Gasteiger partial charge is 0.0531 e. The summed E-state index contributed by atoms with van der Waals surface area (Å²) < 4.78 is 1.05. The van der Waals surface area contributed by atoms with Gasteiger partial charge in [-0.05, 0) is 51.3 Å². The summed E-state index contributed by atoms with van der Waals surface area (Å²) >= 11 is 9.64. The zero-order valence-corrected chi connectivity index (χ0v) is 12.0. The number of rotatable bonds is 1. The molecule has 92 valence electrons. The van der Waals surface area contributed by atoms with Gasteiger partial charge in [0.05, 0.1) is 5.69 Å². The molecule has 0 radical (unpaired) electrons. The maximum absolute atomic E-state index is 6.07. The van der Waals surface area contributed by atoms with Crippen LogP contribution in [0, 0.1) is 0 Å². The molecule has 1 heterocycles. The molecule has 2 aromatic carbocycles. The van der Waals surface area contributed by atoms with Gasteiger partial charge in [-0.15, -0.1) is 0 Å². The monoisotopic (exact) mass is 322 g/mol. The molecule has 2 aromatic rings. The van der Waals surface area contributed by atoms with E-state index in [1.807, 2.05) is 30.3 Å². The third kappa shape index (κ3) is 1.98. The summed E-state index contributed by atoms with van der Waals surface area (Å²) in [5, 5.41) is 0.747. The highest BCUT2D eigenvalue weighted by Gasteiger charge is 2.22. The molecule has 3 rings (SSSR count). The Bertz CT molecular complexity index is 613. The van der Waals surface area contributed by atoms with Gasteiger partial charge in [0, 0.05) is 28.3 Å². The Morgan fingerprint density at radius 1 is 1.17 bits per heavy atom. The van der Waals surface area contributed by atoms with Crippen molar-refractivity contribution in [3.05, 3.63) is 57.0 Å². The van der Waals surface area contributed by atoms with E-state index in [9.17, 15) is 0 Å². The number of hydrogen-bond acceptors (Lipinski definition) is 2. The molecule has 0 fully saturated rings. The molecule has 1 aliphatic heterocycles. The van der Waals surface area contributed by atoms with Crippen molar-refractivity contribution >= 4 is 38.9 Å². The predicted octanol–water partition coefficient (Wildman–Crippen LogP) is 4.20. The van der Waals surface area contributed by atoms with E-state index >= 15 is 0 Å². The summed E-state index contributed by atoms with van der Waals surface area (Å²) in [6, 6.07) is 11.9. The van der Waals surface area contributed by atoms with Crippen LogP contribution in [0.3, 0.4) is 0 Å². The van der Waals surface area contributed by atoms with Gasteiger partial charge in [-0.3, -0.25) is 0 Å². The van der Waals surface area contributed by atoms with Crippen molar-refractivity contribution in [2.24, 2.45) is 0 Å². The van der Waals surface area contributed by atoms with Gasteiger partial charge in [-0.2, -0.15) is 0 Å². The van der Waals surface area contributed by atoms with E-state index in [0.29, 0.717) is 0 Å². The minimum absolute atomic E-state index is 0.747. The number of nitrogens with two attached hydrogens (primary N) is 1. The molecule has 0 aromatic heterocycles. The van der Waals surface area contributed by atoms with Crippen LogP contribution in [-0.4, -0.2) is 0 Å². The van der Waals surface area contributed by atoms with Crippen LogP contribution in [0.25, 0.3) is 0 Å². The van der Waals surface area contributed by atoms with E-state index in [1.54, 1.807) is 0 Å². The number of nitrogens with zero attached hydrogens (tertiary/aromatic N) is 1. The standard InChI is InChI=1S/C14H12BrClN2/c15-12-5-4-10(16)6-14(12)18-7-9-2-1-3-13(17)11(9)8-18/h1-6H,7-8,17H2. The van der Waals surface area contributed by atoms with E-state index in [0.717, 1.165) is 34.0 Å². The van der Waals surface area contributed by atoms with Gasteiger partial charge in [0.2, 0.25) is 0 Å². The molecule has 0 saturated carbocycles. The molecule has 1 aliphatic rings. The summed E-state index contributed by atoms with van der Waals surface area (Å²) in [7, 11) is 0. The normalized spacial score (nSPS) is 13.8. The zero-order valence-electron chi connectivity index (χ0n) is 9.66. The van der Waals surface area contributed by atoms with E-state index in [4.69, 9.17) is 17.3 Å². The number of hydrogen-bond donors (Lipinski definition) is 1. The minimum atomic E-state index is 0.747. The Balaban J connectivity index is 1.99. The van der Waals surface area contributed by atoms with Crippen molar-refractivity contribution < 1.29 is 0 Å². The lowest BCUT2D eigenvalue weighted by atomic mass is 10.1. The highest BCUT2D eigenvalue weighted by molar-refractivity contribution is 9.10. The Kier molecular flexibility index (Phi) is 2.96. The lowest BCUT2D eigenvalue weighted by Gasteiger charge is -2.19. The molecule has 4 heteroatoms. The molecule has 0 atom stereocenters. The SMILES string of the molecule is Nc1cccc2c1CN(c1cc(Cl)ccc1Br)C2. The third-order valence-electron chi connectivity index (χ3n) is 3.27. The second-order valence-electron chi connectivity index (χ2n) is 4.44. The van der Waals surface area contributed by atoms with Crippen molar-refractivity contribution in [2.75, 3.05) is 10.6 Å². The number of halogens is 2. The van der Waals surface area contributed by atoms with E-state index in [1.165, 1.54) is 11.1 Å². The highest BCUT2D eigenvalue weighted by Crippen LogP contribution is 2.36. The van der Waals surface area contributed by atoms with Gasteiger partial charge in [-0.1, -0.05) is 23.7 Å². The lowest BCUT2D eigenvalue weighted by Crippen LogP contribution is -2.15. The largest absolute Gasteiger partial charge is 0.398 e. The summed E-state index contributed by atoms with van der Waals surface area (Å²) in [6.45, 7) is 1.71. The van der Waals surface area contributed by atoms with Crippen LogP contribution < -0.4 is 10.6 Å². The van der Waals surface area contributed by atoms with Crippen LogP contribution in [0.5, 0.6) is 0 Å². The Hall–Kier alpha value is -1.19. The third-order valence-corrected chi connectivity index (χ3v) is 4.17. The second kappa shape index (κ2) is 4.48. The molecular weight excluding hydrogens is 312 g/mol. The fourth-order valence-electron chi connectivity index (χ4n) is 2.35. The second-order valence-corrected chi connectivity index (χ2v) is 5.73. The van der Waals surface area contributed by atoms with E-state index < -0.39 is 0 Å². The summed E-state index contributed by atoms with van der Waals surface area (Å²) in [5.74, 6) is 0. The fourth-order valence-corrected chi connectivity index (χ4v) is 3.01. The number of fused-ring (bicyclic) bond motifs is 1. The van der Waals surface area contributed by atoms with Crippen molar-refractivity contribution in [1.82, 2.24) is 0 Å². The molecule has 2 nitrogen and oxygen atoms in total. The first-order chi connectivity index (χ1) is 8.65. The summed E-state index contributed by atoms with van der Waals surface area (Å²) in [4.78, 5) is 2.27. The maximum Gasteiger partial charge on any atom is 0.0531 e. The highest BCUT2D eigenvalue weighted by atomic mass is 79.9. The Morgan fingerprint density at radius 3 is 2.78 bits per heavy atom. The van der Waals surface area contributed by atoms with Gasteiger partial charge >= 0.3 is 0 Å². The average molecular weight is 324 g/mol. The lowest BCUT2D eigenvalue weighted by molar-refractivity contribution is 0.878. The quantitative estimate of drug-likeness (QED) is 0.797. The van der Waals surface area contributed by atoms with Crippen molar-refractivity contribution in [1.29, 1.82) is 0 Å². The molecule has 2 N–H and O–H groups in total. The number of anilines is 2. The van der Waals surface area contributed by atoms with Crippen molar-refractivity contribution in [3.8, 4) is 0 Å². The average Bonchev–Trinajstić information content (AvgIpc) is 2.77. The van der Waals surface area contributed by atoms with Crippen molar-refractivity contribution in [3.63, 3.8) is 0 Å².